The average Bonchev–Trinajstić information content (AvgIpc) is 2.46. The zero-order valence-corrected chi connectivity index (χ0v) is 12.1. The molecule has 0 aromatic carbocycles. The van der Waals surface area contributed by atoms with Crippen molar-refractivity contribution in [1.29, 1.82) is 0 Å². The summed E-state index contributed by atoms with van der Waals surface area (Å²) in [7, 11) is 0. The minimum absolute atomic E-state index is 0.0374. The maximum atomic E-state index is 13.0. The Balaban J connectivity index is 2.40. The number of hydrogen-bond acceptors (Lipinski definition) is 5. The first-order valence-electron chi connectivity index (χ1n) is 6.68. The second kappa shape index (κ2) is 6.59. The highest BCUT2D eigenvalue weighted by Gasteiger charge is 2.34. The molecule has 0 radical (unpaired) electrons. The van der Waals surface area contributed by atoms with Gasteiger partial charge in [-0.15, -0.1) is 0 Å². The van der Waals surface area contributed by atoms with Gasteiger partial charge in [-0.2, -0.15) is 13.2 Å². The molecule has 2 aromatic heterocycles. The van der Waals surface area contributed by atoms with Crippen molar-refractivity contribution in [2.75, 3.05) is 5.32 Å². The lowest BCUT2D eigenvalue weighted by molar-refractivity contribution is -0.141. The van der Waals surface area contributed by atoms with Crippen LogP contribution in [0, 0.1) is 0 Å². The fourth-order valence-corrected chi connectivity index (χ4v) is 1.88. The molecule has 2 heterocycles. The fraction of sp³-hybridized carbons (Fsp3) is 0.286. The van der Waals surface area contributed by atoms with E-state index in [1.165, 1.54) is 12.3 Å². The number of alkyl halides is 3. The van der Waals surface area contributed by atoms with Crippen LogP contribution in [0.5, 0.6) is 0 Å². The van der Waals surface area contributed by atoms with Gasteiger partial charge >= 0.3 is 6.18 Å². The number of anilines is 1. The van der Waals surface area contributed by atoms with E-state index in [0.717, 1.165) is 6.07 Å². The second-order valence-corrected chi connectivity index (χ2v) is 4.89. The molecular formula is C14H14F3N5O. The first-order chi connectivity index (χ1) is 10.8. The fourth-order valence-electron chi connectivity index (χ4n) is 1.88. The largest absolute Gasteiger partial charge is 0.433 e. The van der Waals surface area contributed by atoms with E-state index in [1.807, 2.05) is 0 Å². The number of aromatic nitrogens is 3. The summed E-state index contributed by atoms with van der Waals surface area (Å²) >= 11 is 0. The summed E-state index contributed by atoms with van der Waals surface area (Å²) < 4.78 is 39.0. The SMILES string of the molecule is C[C@H](CC(N)=O)Nc1cc(C(F)(F)F)nc(-c2ccccn2)n1. The van der Waals surface area contributed by atoms with E-state index in [1.54, 1.807) is 19.1 Å². The Morgan fingerprint density at radius 1 is 1.35 bits per heavy atom. The topological polar surface area (TPSA) is 93.8 Å². The van der Waals surface area contributed by atoms with Crippen LogP contribution in [-0.2, 0) is 11.0 Å². The standard InChI is InChI=1S/C14H14F3N5O/c1-8(6-11(18)23)20-12-7-10(14(15,16)17)21-13(22-12)9-4-2-3-5-19-9/h2-5,7-8H,6H2,1H3,(H2,18,23)(H,20,21,22)/t8-/m1/s1. The van der Waals surface area contributed by atoms with Gasteiger partial charge in [0.05, 0.1) is 0 Å². The minimum Gasteiger partial charge on any atom is -0.370 e. The Kier molecular flexibility index (Phi) is 4.77. The predicted octanol–water partition coefficient (Wildman–Crippen LogP) is 2.23. The Labute approximate surface area is 130 Å². The zero-order valence-electron chi connectivity index (χ0n) is 12.1. The summed E-state index contributed by atoms with van der Waals surface area (Å²) in [5.74, 6) is -0.782. The number of carbonyl (C=O) groups is 1. The van der Waals surface area contributed by atoms with E-state index >= 15 is 0 Å². The van der Waals surface area contributed by atoms with Crippen LogP contribution in [0.4, 0.5) is 19.0 Å². The van der Waals surface area contributed by atoms with Crippen molar-refractivity contribution in [3.8, 4) is 11.5 Å². The van der Waals surface area contributed by atoms with Crippen molar-refractivity contribution >= 4 is 11.7 Å². The van der Waals surface area contributed by atoms with E-state index < -0.39 is 23.8 Å². The summed E-state index contributed by atoms with van der Waals surface area (Å²) in [5, 5.41) is 2.72. The smallest absolute Gasteiger partial charge is 0.370 e. The quantitative estimate of drug-likeness (QED) is 0.879. The monoisotopic (exact) mass is 325 g/mol. The minimum atomic E-state index is -4.63. The molecule has 1 atom stereocenters. The van der Waals surface area contributed by atoms with Gasteiger partial charge in [-0.25, -0.2) is 9.97 Å². The number of carbonyl (C=O) groups excluding carboxylic acids is 1. The van der Waals surface area contributed by atoms with Gasteiger partial charge in [-0.1, -0.05) is 6.07 Å². The van der Waals surface area contributed by atoms with Gasteiger partial charge < -0.3 is 11.1 Å². The normalized spacial score (nSPS) is 12.7. The number of hydrogen-bond donors (Lipinski definition) is 2. The number of nitrogens with one attached hydrogen (secondary N) is 1. The molecule has 23 heavy (non-hydrogen) atoms. The molecule has 0 unspecified atom stereocenters. The lowest BCUT2D eigenvalue weighted by Crippen LogP contribution is -2.25. The highest BCUT2D eigenvalue weighted by atomic mass is 19.4. The summed E-state index contributed by atoms with van der Waals surface area (Å²) in [6.45, 7) is 1.61. The Bertz CT molecular complexity index is 691. The van der Waals surface area contributed by atoms with Crippen LogP contribution in [0.15, 0.2) is 30.5 Å². The lowest BCUT2D eigenvalue weighted by atomic mass is 10.2. The van der Waals surface area contributed by atoms with Crippen LogP contribution < -0.4 is 11.1 Å². The summed E-state index contributed by atoms with van der Waals surface area (Å²) in [4.78, 5) is 22.4. The Morgan fingerprint density at radius 2 is 2.09 bits per heavy atom. The van der Waals surface area contributed by atoms with Gasteiger partial charge in [0.15, 0.2) is 11.5 Å². The van der Waals surface area contributed by atoms with Crippen molar-refractivity contribution in [2.24, 2.45) is 5.73 Å². The van der Waals surface area contributed by atoms with E-state index in [0.29, 0.717) is 0 Å². The third kappa shape index (κ3) is 4.63. The molecule has 0 aliphatic rings. The molecule has 0 saturated carbocycles. The van der Waals surface area contributed by atoms with Crippen LogP contribution in [0.2, 0.25) is 0 Å². The molecule has 6 nitrogen and oxygen atoms in total. The maximum Gasteiger partial charge on any atom is 0.433 e. The molecule has 0 aliphatic carbocycles. The molecule has 0 saturated heterocycles. The third-order valence-electron chi connectivity index (χ3n) is 2.81. The Hall–Kier alpha value is -2.71. The number of amides is 1. The van der Waals surface area contributed by atoms with Gasteiger partial charge in [-0.3, -0.25) is 9.78 Å². The van der Waals surface area contributed by atoms with Crippen LogP contribution in [0.3, 0.4) is 0 Å². The van der Waals surface area contributed by atoms with Crippen molar-refractivity contribution < 1.29 is 18.0 Å². The number of rotatable bonds is 5. The summed E-state index contributed by atoms with van der Waals surface area (Å²) in [6.07, 6.45) is -3.23. The molecule has 2 rings (SSSR count). The van der Waals surface area contributed by atoms with E-state index in [2.05, 4.69) is 20.3 Å². The highest BCUT2D eigenvalue weighted by Crippen LogP contribution is 2.30. The highest BCUT2D eigenvalue weighted by molar-refractivity contribution is 5.74. The van der Waals surface area contributed by atoms with E-state index in [-0.39, 0.29) is 23.8 Å². The van der Waals surface area contributed by atoms with Gasteiger partial charge in [0.2, 0.25) is 5.91 Å². The van der Waals surface area contributed by atoms with E-state index in [9.17, 15) is 18.0 Å². The van der Waals surface area contributed by atoms with Crippen LogP contribution >= 0.6 is 0 Å². The summed E-state index contributed by atoms with van der Waals surface area (Å²) in [5.41, 5.74) is 4.18. The molecule has 0 spiro atoms. The van der Waals surface area contributed by atoms with Crippen molar-refractivity contribution in [3.63, 3.8) is 0 Å². The van der Waals surface area contributed by atoms with Gasteiger partial charge in [0, 0.05) is 24.7 Å². The van der Waals surface area contributed by atoms with Crippen LogP contribution in [0.1, 0.15) is 19.0 Å². The number of nitrogens with zero attached hydrogens (tertiary/aromatic N) is 3. The zero-order chi connectivity index (χ0) is 17.0. The predicted molar refractivity (Wildman–Crippen MR) is 77.2 cm³/mol. The number of halogens is 3. The average molecular weight is 325 g/mol. The maximum absolute atomic E-state index is 13.0. The molecule has 9 heteroatoms. The molecule has 1 amide bonds. The van der Waals surface area contributed by atoms with Gasteiger partial charge in [0.25, 0.3) is 0 Å². The van der Waals surface area contributed by atoms with E-state index in [4.69, 9.17) is 5.73 Å². The van der Waals surface area contributed by atoms with Crippen LogP contribution in [0.25, 0.3) is 11.5 Å². The van der Waals surface area contributed by atoms with Crippen molar-refractivity contribution in [2.45, 2.75) is 25.6 Å². The third-order valence-corrected chi connectivity index (χ3v) is 2.81. The summed E-state index contributed by atoms with van der Waals surface area (Å²) in [6, 6.07) is 5.07. The first kappa shape index (κ1) is 16.7. The number of pyridine rings is 1. The first-order valence-corrected chi connectivity index (χ1v) is 6.68. The second-order valence-electron chi connectivity index (χ2n) is 4.89. The molecule has 3 N–H and O–H groups in total. The lowest BCUT2D eigenvalue weighted by Gasteiger charge is -2.15. The molecule has 0 fully saturated rings. The molecular weight excluding hydrogens is 311 g/mol. The molecule has 122 valence electrons. The van der Waals surface area contributed by atoms with Crippen LogP contribution in [-0.4, -0.2) is 26.9 Å². The molecule has 0 bridgehead atoms. The Morgan fingerprint density at radius 3 is 2.65 bits per heavy atom. The molecule has 2 aromatic rings. The number of nitrogens with two attached hydrogens (primary N) is 1. The van der Waals surface area contributed by atoms with Gasteiger partial charge in [-0.05, 0) is 19.1 Å². The van der Waals surface area contributed by atoms with Crippen molar-refractivity contribution in [3.05, 3.63) is 36.2 Å². The van der Waals surface area contributed by atoms with Crippen molar-refractivity contribution in [1.82, 2.24) is 15.0 Å². The van der Waals surface area contributed by atoms with Gasteiger partial charge in [0.1, 0.15) is 11.5 Å². The number of primary amides is 1. The molecule has 0 aliphatic heterocycles.